The molecule has 1 atom stereocenters. The maximum Gasteiger partial charge on any atom is 0.273 e. The van der Waals surface area contributed by atoms with E-state index in [-0.39, 0.29) is 35.3 Å². The molecule has 1 aromatic carbocycles. The average molecular weight is 483 g/mol. The van der Waals surface area contributed by atoms with E-state index in [0.717, 1.165) is 12.8 Å². The molecule has 0 radical (unpaired) electrons. The lowest BCUT2D eigenvalue weighted by Gasteiger charge is -2.16. The van der Waals surface area contributed by atoms with E-state index in [0.29, 0.717) is 29.3 Å². The highest BCUT2D eigenvalue weighted by atomic mass is 16.5. The zero-order chi connectivity index (χ0) is 27.4. The normalized spacial score (nSPS) is 15.3. The molecule has 11 nitrogen and oxygen atoms in total. The van der Waals surface area contributed by atoms with Gasteiger partial charge in [-0.15, -0.1) is 10.2 Å². The van der Waals surface area contributed by atoms with Gasteiger partial charge in [0.15, 0.2) is 17.3 Å². The van der Waals surface area contributed by atoms with Crippen LogP contribution in [-0.2, 0) is 9.53 Å². The zero-order valence-electron chi connectivity index (χ0n) is 22.7. The predicted octanol–water partition coefficient (Wildman–Crippen LogP) is 3.36. The van der Waals surface area contributed by atoms with Crippen LogP contribution in [-0.4, -0.2) is 52.5 Å². The molecule has 0 aliphatic heterocycles. The van der Waals surface area contributed by atoms with Crippen LogP contribution < -0.4 is 20.7 Å². The molecule has 0 bridgehead atoms. The standard InChI is InChI=1S/C24H29N7O4/c1-5-35-14(2)31-12-11-17(30-31)16-7-6-8-18(22(16)34-4)26-19-13-20(27-23(32)15-9-10-15)28-29-21(19)24(33)25-3/h6-8,11-15H,5,9-10H2,1-4H3,(H,25,33)(H2,26,27,28,32)/i3D3. The van der Waals surface area contributed by atoms with Crippen LogP contribution in [0.25, 0.3) is 11.3 Å². The third kappa shape index (κ3) is 5.40. The van der Waals surface area contributed by atoms with E-state index in [1.807, 2.05) is 31.3 Å². The Morgan fingerprint density at radius 3 is 2.80 bits per heavy atom. The van der Waals surface area contributed by atoms with Crippen molar-refractivity contribution in [1.29, 1.82) is 0 Å². The lowest BCUT2D eigenvalue weighted by molar-refractivity contribution is -0.117. The van der Waals surface area contributed by atoms with Crippen LogP contribution in [0.4, 0.5) is 17.2 Å². The molecule has 1 unspecified atom stereocenters. The monoisotopic (exact) mass is 482 g/mol. The summed E-state index contributed by atoms with van der Waals surface area (Å²) in [4.78, 5) is 25.0. The molecule has 3 N–H and O–H groups in total. The van der Waals surface area contributed by atoms with E-state index >= 15 is 0 Å². The summed E-state index contributed by atoms with van der Waals surface area (Å²) in [6, 6.07) is 8.57. The molecule has 35 heavy (non-hydrogen) atoms. The summed E-state index contributed by atoms with van der Waals surface area (Å²) in [5, 5.41) is 20.1. The molecule has 184 valence electrons. The Bertz CT molecular complexity index is 1320. The maximum absolute atomic E-state index is 12.7. The zero-order valence-corrected chi connectivity index (χ0v) is 19.7. The molecular weight excluding hydrogens is 450 g/mol. The minimum atomic E-state index is -2.73. The van der Waals surface area contributed by atoms with Crippen LogP contribution in [0.1, 0.15) is 47.5 Å². The van der Waals surface area contributed by atoms with Crippen molar-refractivity contribution < 1.29 is 23.2 Å². The van der Waals surface area contributed by atoms with Gasteiger partial charge in [-0.3, -0.25) is 9.59 Å². The van der Waals surface area contributed by atoms with Crippen LogP contribution in [0.5, 0.6) is 5.75 Å². The number of hydrogen-bond donors (Lipinski definition) is 3. The Labute approximate surface area is 207 Å². The fraction of sp³-hybridized carbons (Fsp3) is 0.375. The largest absolute Gasteiger partial charge is 0.494 e. The van der Waals surface area contributed by atoms with Gasteiger partial charge in [-0.2, -0.15) is 5.10 Å². The fourth-order valence-electron chi connectivity index (χ4n) is 3.55. The maximum atomic E-state index is 12.7. The summed E-state index contributed by atoms with van der Waals surface area (Å²) in [5.74, 6) is -0.688. The van der Waals surface area contributed by atoms with Crippen LogP contribution in [0.2, 0.25) is 0 Å². The Kier molecular flexibility index (Phi) is 6.13. The van der Waals surface area contributed by atoms with Crippen molar-refractivity contribution in [3.05, 3.63) is 42.2 Å². The number of ether oxygens (including phenoxy) is 2. The van der Waals surface area contributed by atoms with E-state index in [4.69, 9.17) is 13.6 Å². The second-order valence-electron chi connectivity index (χ2n) is 7.96. The van der Waals surface area contributed by atoms with Gasteiger partial charge in [-0.1, -0.05) is 6.07 Å². The number of hydrogen-bond acceptors (Lipinski definition) is 8. The molecule has 0 spiro atoms. The lowest BCUT2D eigenvalue weighted by atomic mass is 10.1. The van der Waals surface area contributed by atoms with Gasteiger partial charge in [0.1, 0.15) is 6.23 Å². The number of benzene rings is 1. The Morgan fingerprint density at radius 1 is 1.26 bits per heavy atom. The summed E-state index contributed by atoms with van der Waals surface area (Å²) in [5.41, 5.74) is 1.60. The number of para-hydroxylation sites is 1. The highest BCUT2D eigenvalue weighted by molar-refractivity contribution is 6.00. The van der Waals surface area contributed by atoms with Crippen LogP contribution in [0.15, 0.2) is 36.5 Å². The number of aromatic nitrogens is 4. The molecule has 11 heteroatoms. The quantitative estimate of drug-likeness (QED) is 0.401. The first-order valence-electron chi connectivity index (χ1n) is 12.7. The van der Waals surface area contributed by atoms with Gasteiger partial charge >= 0.3 is 0 Å². The van der Waals surface area contributed by atoms with E-state index < -0.39 is 12.9 Å². The van der Waals surface area contributed by atoms with Crippen molar-refractivity contribution in [1.82, 2.24) is 25.3 Å². The first-order chi connectivity index (χ1) is 18.1. The third-order valence-corrected chi connectivity index (χ3v) is 5.48. The molecule has 3 aromatic rings. The smallest absolute Gasteiger partial charge is 0.273 e. The molecule has 1 aliphatic carbocycles. The Hall–Kier alpha value is -3.99. The molecule has 1 fully saturated rings. The van der Waals surface area contributed by atoms with Gasteiger partial charge in [-0.05, 0) is 44.9 Å². The molecular formula is C24H29N7O4. The Balaban J connectivity index is 1.69. The van der Waals surface area contributed by atoms with Crippen molar-refractivity contribution >= 4 is 29.0 Å². The number of nitrogens with one attached hydrogen (secondary N) is 3. The second-order valence-corrected chi connectivity index (χ2v) is 7.96. The van der Waals surface area contributed by atoms with Gasteiger partial charge < -0.3 is 25.4 Å². The van der Waals surface area contributed by atoms with Gasteiger partial charge in [0.2, 0.25) is 5.91 Å². The highest BCUT2D eigenvalue weighted by Crippen LogP contribution is 2.38. The van der Waals surface area contributed by atoms with E-state index in [2.05, 4.69) is 25.9 Å². The summed E-state index contributed by atoms with van der Waals surface area (Å²) in [6.07, 6.45) is 3.14. The first-order valence-corrected chi connectivity index (χ1v) is 11.2. The van der Waals surface area contributed by atoms with Gasteiger partial charge in [-0.25, -0.2) is 4.68 Å². The summed E-state index contributed by atoms with van der Waals surface area (Å²) in [6.45, 7) is 1.60. The van der Waals surface area contributed by atoms with Crippen LogP contribution in [0.3, 0.4) is 0 Å². The highest BCUT2D eigenvalue weighted by Gasteiger charge is 2.30. The first kappa shape index (κ1) is 20.4. The molecule has 1 saturated carbocycles. The number of rotatable bonds is 10. The number of amides is 2. The minimum Gasteiger partial charge on any atom is -0.494 e. The van der Waals surface area contributed by atoms with Crippen molar-refractivity contribution in [3.8, 4) is 17.0 Å². The number of carbonyl (C=O) groups excluding carboxylic acids is 2. The van der Waals surface area contributed by atoms with Crippen molar-refractivity contribution in [3.63, 3.8) is 0 Å². The van der Waals surface area contributed by atoms with Crippen molar-refractivity contribution in [2.24, 2.45) is 5.92 Å². The SMILES string of the molecule is [2H]C([2H])([2H])NC(=O)c1nnc(NC(=O)C2CC2)cc1Nc1cccc(-c2ccn(C(C)OCC)n2)c1OC. The number of nitrogens with zero attached hydrogens (tertiary/aromatic N) is 4. The van der Waals surface area contributed by atoms with Gasteiger partial charge in [0.05, 0.1) is 24.2 Å². The summed E-state index contributed by atoms with van der Waals surface area (Å²) in [7, 11) is 1.50. The van der Waals surface area contributed by atoms with Crippen molar-refractivity contribution in [2.75, 3.05) is 31.3 Å². The van der Waals surface area contributed by atoms with Crippen molar-refractivity contribution in [2.45, 2.75) is 32.9 Å². The molecule has 4 rings (SSSR count). The van der Waals surface area contributed by atoms with Crippen LogP contribution >= 0.6 is 0 Å². The van der Waals surface area contributed by atoms with Gasteiger partial charge in [0.25, 0.3) is 5.91 Å². The topological polar surface area (TPSA) is 132 Å². The molecule has 0 saturated heterocycles. The molecule has 2 aromatic heterocycles. The lowest BCUT2D eigenvalue weighted by Crippen LogP contribution is -2.22. The van der Waals surface area contributed by atoms with Crippen LogP contribution in [0, 0.1) is 5.92 Å². The minimum absolute atomic E-state index is 0.0752. The fourth-order valence-corrected chi connectivity index (χ4v) is 3.55. The number of carbonyl (C=O) groups is 2. The third-order valence-electron chi connectivity index (χ3n) is 5.48. The molecule has 2 amide bonds. The predicted molar refractivity (Wildman–Crippen MR) is 131 cm³/mol. The Morgan fingerprint density at radius 2 is 2.09 bits per heavy atom. The van der Waals surface area contributed by atoms with E-state index in [1.54, 1.807) is 23.0 Å². The second kappa shape index (κ2) is 10.5. The van der Waals surface area contributed by atoms with E-state index in [1.165, 1.54) is 13.2 Å². The number of anilines is 3. The van der Waals surface area contributed by atoms with E-state index in [9.17, 15) is 9.59 Å². The summed E-state index contributed by atoms with van der Waals surface area (Å²) < 4.78 is 35.1. The molecule has 1 aliphatic rings. The van der Waals surface area contributed by atoms with Gasteiger partial charge in [0, 0.05) is 41.4 Å². The average Bonchev–Trinajstić information content (AvgIpc) is 3.59. The molecule has 2 heterocycles. The number of methoxy groups -OCH3 is 1. The summed E-state index contributed by atoms with van der Waals surface area (Å²) >= 11 is 0.